The van der Waals surface area contributed by atoms with Gasteiger partial charge in [-0.1, -0.05) is 6.07 Å². The van der Waals surface area contributed by atoms with Gasteiger partial charge in [0.1, 0.15) is 5.82 Å². The molecule has 1 saturated heterocycles. The van der Waals surface area contributed by atoms with Gasteiger partial charge in [-0.05, 0) is 50.0 Å². The number of rotatable bonds is 1. The Morgan fingerprint density at radius 2 is 1.89 bits per heavy atom. The molecule has 1 heterocycles. The van der Waals surface area contributed by atoms with Crippen LogP contribution in [0.1, 0.15) is 30.4 Å². The normalized spacial score (nSPS) is 25.1. The fourth-order valence-electron chi connectivity index (χ4n) is 2.37. The molecule has 0 aliphatic carbocycles. The Bertz CT molecular complexity index is 450. The summed E-state index contributed by atoms with van der Waals surface area (Å²) in [5.74, 6) is -1.34. The predicted molar refractivity (Wildman–Crippen MR) is 62.0 cm³/mol. The lowest BCUT2D eigenvalue weighted by atomic mass is 9.86. The number of hydrogen-bond acceptors (Lipinski definition) is 2. The fraction of sp³-hybridized carbons (Fsp3) is 0.538. The van der Waals surface area contributed by atoms with Crippen LogP contribution >= 0.6 is 0 Å². The Morgan fingerprint density at radius 1 is 1.16 bits per heavy atom. The second kappa shape index (κ2) is 5.09. The van der Waals surface area contributed by atoms with Crippen molar-refractivity contribution in [1.29, 1.82) is 0 Å². The van der Waals surface area contributed by atoms with Crippen LogP contribution in [0.4, 0.5) is 17.6 Å². The molecule has 0 aromatic heterocycles. The summed E-state index contributed by atoms with van der Waals surface area (Å²) >= 11 is 0. The molecule has 1 aliphatic heterocycles. The number of nitrogens with one attached hydrogen (secondary N) is 1. The van der Waals surface area contributed by atoms with Crippen LogP contribution in [0.15, 0.2) is 18.2 Å². The highest BCUT2D eigenvalue weighted by Crippen LogP contribution is 2.36. The Labute approximate surface area is 108 Å². The van der Waals surface area contributed by atoms with Crippen LogP contribution in [0.25, 0.3) is 0 Å². The third-order valence-corrected chi connectivity index (χ3v) is 3.47. The van der Waals surface area contributed by atoms with Crippen molar-refractivity contribution in [1.82, 2.24) is 5.32 Å². The van der Waals surface area contributed by atoms with Crippen LogP contribution in [0.2, 0.25) is 0 Å². The van der Waals surface area contributed by atoms with Crippen LogP contribution in [0, 0.1) is 5.82 Å². The highest BCUT2D eigenvalue weighted by Gasteiger charge is 2.36. The molecule has 106 valence electrons. The van der Waals surface area contributed by atoms with Gasteiger partial charge in [0.15, 0.2) is 0 Å². The molecule has 0 radical (unpaired) electrons. The van der Waals surface area contributed by atoms with Crippen LogP contribution < -0.4 is 5.32 Å². The number of aliphatic hydroxyl groups is 1. The second-order valence-electron chi connectivity index (χ2n) is 4.83. The van der Waals surface area contributed by atoms with Gasteiger partial charge in [0.2, 0.25) is 0 Å². The van der Waals surface area contributed by atoms with E-state index in [4.69, 9.17) is 0 Å². The second-order valence-corrected chi connectivity index (χ2v) is 4.83. The number of benzene rings is 1. The van der Waals surface area contributed by atoms with Crippen molar-refractivity contribution in [3.8, 4) is 0 Å². The zero-order chi connectivity index (χ0) is 14.1. The molecular formula is C13H15F4NO. The zero-order valence-corrected chi connectivity index (χ0v) is 10.2. The average Bonchev–Trinajstić information content (AvgIpc) is 2.53. The molecule has 0 spiro atoms. The van der Waals surface area contributed by atoms with Gasteiger partial charge in [-0.15, -0.1) is 0 Å². The summed E-state index contributed by atoms with van der Waals surface area (Å²) in [4.78, 5) is 0. The summed E-state index contributed by atoms with van der Waals surface area (Å²) < 4.78 is 50.9. The Kier molecular flexibility index (Phi) is 3.82. The first-order chi connectivity index (χ1) is 8.83. The third-order valence-electron chi connectivity index (χ3n) is 3.47. The van der Waals surface area contributed by atoms with Crippen molar-refractivity contribution in [3.05, 3.63) is 35.1 Å². The van der Waals surface area contributed by atoms with Gasteiger partial charge in [0, 0.05) is 0 Å². The van der Waals surface area contributed by atoms with Crippen LogP contribution in [-0.2, 0) is 11.8 Å². The van der Waals surface area contributed by atoms with Crippen LogP contribution in [-0.4, -0.2) is 18.2 Å². The Hall–Kier alpha value is -1.14. The van der Waals surface area contributed by atoms with E-state index in [0.29, 0.717) is 31.9 Å². The summed E-state index contributed by atoms with van der Waals surface area (Å²) in [6.07, 6.45) is -3.25. The van der Waals surface area contributed by atoms with E-state index in [1.54, 1.807) is 0 Å². The summed E-state index contributed by atoms with van der Waals surface area (Å²) in [5, 5.41) is 13.5. The van der Waals surface area contributed by atoms with E-state index in [1.807, 2.05) is 0 Å². The number of alkyl halides is 3. The van der Waals surface area contributed by atoms with Crippen molar-refractivity contribution in [2.24, 2.45) is 0 Å². The lowest BCUT2D eigenvalue weighted by molar-refractivity contribution is -0.140. The smallest absolute Gasteiger partial charge is 0.385 e. The van der Waals surface area contributed by atoms with Gasteiger partial charge in [-0.25, -0.2) is 4.39 Å². The minimum atomic E-state index is -4.71. The molecule has 1 aromatic rings. The summed E-state index contributed by atoms with van der Waals surface area (Å²) in [6.45, 7) is 1.30. The van der Waals surface area contributed by atoms with Crippen molar-refractivity contribution in [3.63, 3.8) is 0 Å². The van der Waals surface area contributed by atoms with Crippen molar-refractivity contribution >= 4 is 0 Å². The first kappa shape index (κ1) is 14.3. The summed E-state index contributed by atoms with van der Waals surface area (Å²) in [5.41, 5.74) is -2.35. The molecule has 1 unspecified atom stereocenters. The molecule has 0 bridgehead atoms. The van der Waals surface area contributed by atoms with E-state index in [9.17, 15) is 22.7 Å². The Balaban J connectivity index is 2.33. The topological polar surface area (TPSA) is 32.3 Å². The average molecular weight is 277 g/mol. The van der Waals surface area contributed by atoms with Gasteiger partial charge in [-0.3, -0.25) is 0 Å². The predicted octanol–water partition coefficient (Wildman–Crippen LogP) is 2.81. The van der Waals surface area contributed by atoms with E-state index >= 15 is 0 Å². The van der Waals surface area contributed by atoms with Crippen LogP contribution in [0.5, 0.6) is 0 Å². The van der Waals surface area contributed by atoms with E-state index in [-0.39, 0.29) is 5.56 Å². The largest absolute Gasteiger partial charge is 0.419 e. The highest BCUT2D eigenvalue weighted by atomic mass is 19.4. The SMILES string of the molecule is OC1(c2ccc(C(F)(F)F)c(F)c2)CCCNCC1. The van der Waals surface area contributed by atoms with Gasteiger partial charge >= 0.3 is 6.18 Å². The molecule has 2 nitrogen and oxygen atoms in total. The van der Waals surface area contributed by atoms with Crippen molar-refractivity contribution in [2.75, 3.05) is 13.1 Å². The molecule has 19 heavy (non-hydrogen) atoms. The molecular weight excluding hydrogens is 262 g/mol. The molecule has 2 N–H and O–H groups in total. The molecule has 6 heteroatoms. The third kappa shape index (κ3) is 3.06. The van der Waals surface area contributed by atoms with Crippen molar-refractivity contribution < 1.29 is 22.7 Å². The first-order valence-electron chi connectivity index (χ1n) is 6.13. The van der Waals surface area contributed by atoms with E-state index in [0.717, 1.165) is 18.7 Å². The maximum atomic E-state index is 13.5. The first-order valence-corrected chi connectivity index (χ1v) is 6.13. The van der Waals surface area contributed by atoms with Crippen LogP contribution in [0.3, 0.4) is 0 Å². The monoisotopic (exact) mass is 277 g/mol. The van der Waals surface area contributed by atoms with E-state index in [2.05, 4.69) is 5.32 Å². The van der Waals surface area contributed by atoms with E-state index < -0.39 is 23.2 Å². The van der Waals surface area contributed by atoms with Gasteiger partial charge < -0.3 is 10.4 Å². The quantitative estimate of drug-likeness (QED) is 0.774. The Morgan fingerprint density at radius 3 is 2.53 bits per heavy atom. The standard InChI is InChI=1S/C13H15F4NO/c14-11-8-9(2-3-10(11)13(15,16)17)12(19)4-1-6-18-7-5-12/h2-3,8,18-19H,1,4-7H2. The molecule has 1 aromatic carbocycles. The van der Waals surface area contributed by atoms with E-state index in [1.165, 1.54) is 0 Å². The summed E-state index contributed by atoms with van der Waals surface area (Å²) in [7, 11) is 0. The molecule has 0 saturated carbocycles. The fourth-order valence-corrected chi connectivity index (χ4v) is 2.37. The minimum Gasteiger partial charge on any atom is -0.385 e. The molecule has 1 atom stereocenters. The summed E-state index contributed by atoms with van der Waals surface area (Å²) in [6, 6.07) is 2.66. The molecule has 1 aliphatic rings. The zero-order valence-electron chi connectivity index (χ0n) is 10.2. The van der Waals surface area contributed by atoms with Gasteiger partial charge in [0.25, 0.3) is 0 Å². The maximum Gasteiger partial charge on any atom is 0.419 e. The van der Waals surface area contributed by atoms with Gasteiger partial charge in [-0.2, -0.15) is 13.2 Å². The maximum absolute atomic E-state index is 13.5. The number of hydrogen-bond donors (Lipinski definition) is 2. The lowest BCUT2D eigenvalue weighted by Gasteiger charge is -2.27. The number of halogens is 4. The highest BCUT2D eigenvalue weighted by molar-refractivity contribution is 5.30. The molecule has 0 amide bonds. The lowest BCUT2D eigenvalue weighted by Crippen LogP contribution is -2.27. The minimum absolute atomic E-state index is 0.210. The molecule has 2 rings (SSSR count). The molecule has 1 fully saturated rings. The van der Waals surface area contributed by atoms with Crippen molar-refractivity contribution in [2.45, 2.75) is 31.0 Å². The van der Waals surface area contributed by atoms with Gasteiger partial charge in [0.05, 0.1) is 11.2 Å².